The third-order valence-electron chi connectivity index (χ3n) is 4.95. The van der Waals surface area contributed by atoms with Crippen LogP contribution in [0.5, 0.6) is 0 Å². The van der Waals surface area contributed by atoms with Gasteiger partial charge in [-0.3, -0.25) is 24.6 Å². The van der Waals surface area contributed by atoms with E-state index in [0.717, 1.165) is 15.6 Å². The Morgan fingerprint density at radius 1 is 1.24 bits per heavy atom. The lowest BCUT2D eigenvalue weighted by Crippen LogP contribution is -2.52. The molecule has 1 aromatic carbocycles. The fourth-order valence-corrected chi connectivity index (χ4v) is 5.12. The van der Waals surface area contributed by atoms with E-state index in [1.165, 1.54) is 53.3 Å². The zero-order valence-corrected chi connectivity index (χ0v) is 19.3. The monoisotopic (exact) mass is 497 g/mol. The number of nitrogens with zero attached hydrogens (tertiary/aromatic N) is 3. The summed E-state index contributed by atoms with van der Waals surface area (Å²) in [6.45, 7) is 1.95. The minimum atomic E-state index is -4.32. The first-order chi connectivity index (χ1) is 15.7. The molecule has 0 saturated carbocycles. The van der Waals surface area contributed by atoms with E-state index in [0.29, 0.717) is 36.9 Å². The Hall–Kier alpha value is -2.91. The molecule has 33 heavy (non-hydrogen) atoms. The van der Waals surface area contributed by atoms with Crippen LogP contribution in [0.2, 0.25) is 0 Å². The maximum absolute atomic E-state index is 13.3. The SMILES string of the molecule is CC(C(=O)NO)N(CC(=O)N1CCOCC1)S(=O)(=O)c1ccc(NC(=O)c2cncs2)cc1. The molecule has 1 atom stereocenters. The summed E-state index contributed by atoms with van der Waals surface area (Å²) >= 11 is 1.16. The number of hydroxylamine groups is 1. The number of anilines is 1. The van der Waals surface area contributed by atoms with Gasteiger partial charge in [0.1, 0.15) is 10.9 Å². The highest BCUT2D eigenvalue weighted by atomic mass is 32.2. The molecule has 178 valence electrons. The van der Waals surface area contributed by atoms with Crippen molar-refractivity contribution in [2.75, 3.05) is 38.2 Å². The average Bonchev–Trinajstić information content (AvgIpc) is 3.37. The molecule has 1 unspecified atom stereocenters. The second kappa shape index (κ2) is 10.8. The highest BCUT2D eigenvalue weighted by molar-refractivity contribution is 7.89. The molecule has 12 nitrogen and oxygen atoms in total. The third-order valence-corrected chi connectivity index (χ3v) is 7.65. The van der Waals surface area contributed by atoms with E-state index < -0.39 is 34.4 Å². The van der Waals surface area contributed by atoms with E-state index in [2.05, 4.69) is 10.3 Å². The van der Waals surface area contributed by atoms with Crippen LogP contribution in [0.1, 0.15) is 16.6 Å². The topological polar surface area (TPSA) is 158 Å². The summed E-state index contributed by atoms with van der Waals surface area (Å²) in [4.78, 5) is 42.4. The quantitative estimate of drug-likeness (QED) is 0.343. The lowest BCUT2D eigenvalue weighted by molar-refractivity contribution is -0.137. The number of carbonyl (C=O) groups is 3. The van der Waals surface area contributed by atoms with Gasteiger partial charge in [0.05, 0.1) is 36.4 Å². The van der Waals surface area contributed by atoms with Crippen LogP contribution in [0, 0.1) is 0 Å². The van der Waals surface area contributed by atoms with Gasteiger partial charge in [0.15, 0.2) is 0 Å². The number of rotatable bonds is 8. The lowest BCUT2D eigenvalue weighted by atomic mass is 10.3. The van der Waals surface area contributed by atoms with Gasteiger partial charge in [-0.05, 0) is 31.2 Å². The summed E-state index contributed by atoms with van der Waals surface area (Å²) in [6, 6.07) is 3.94. The molecule has 2 heterocycles. The molecular weight excluding hydrogens is 474 g/mol. The summed E-state index contributed by atoms with van der Waals surface area (Å²) < 4.78 is 32.5. The molecule has 0 bridgehead atoms. The van der Waals surface area contributed by atoms with Crippen molar-refractivity contribution in [1.29, 1.82) is 0 Å². The summed E-state index contributed by atoms with van der Waals surface area (Å²) in [5, 5.41) is 11.6. The van der Waals surface area contributed by atoms with Crippen LogP contribution >= 0.6 is 11.3 Å². The molecule has 1 saturated heterocycles. The average molecular weight is 498 g/mol. The summed E-state index contributed by atoms with van der Waals surface area (Å²) in [6.07, 6.45) is 1.41. The van der Waals surface area contributed by atoms with Gasteiger partial charge in [-0.2, -0.15) is 4.31 Å². The minimum Gasteiger partial charge on any atom is -0.378 e. The Bertz CT molecular complexity index is 1080. The molecule has 2 aromatic rings. The van der Waals surface area contributed by atoms with Crippen molar-refractivity contribution in [2.24, 2.45) is 0 Å². The van der Waals surface area contributed by atoms with Gasteiger partial charge in [-0.1, -0.05) is 0 Å². The van der Waals surface area contributed by atoms with E-state index in [1.54, 1.807) is 0 Å². The Balaban J connectivity index is 1.81. The number of sulfonamides is 1. The van der Waals surface area contributed by atoms with E-state index >= 15 is 0 Å². The molecule has 0 radical (unpaired) electrons. The highest BCUT2D eigenvalue weighted by Crippen LogP contribution is 2.22. The Labute approximate surface area is 194 Å². The minimum absolute atomic E-state index is 0.189. The second-order valence-corrected chi connectivity index (χ2v) is 9.82. The molecule has 3 rings (SSSR count). The summed E-state index contributed by atoms with van der Waals surface area (Å²) in [5.74, 6) is -1.87. The molecule has 0 aliphatic carbocycles. The molecule has 1 aliphatic heterocycles. The van der Waals surface area contributed by atoms with Crippen LogP contribution in [-0.2, 0) is 24.3 Å². The van der Waals surface area contributed by atoms with Gasteiger partial charge in [-0.25, -0.2) is 13.9 Å². The Morgan fingerprint density at radius 3 is 2.48 bits per heavy atom. The number of hydrogen-bond donors (Lipinski definition) is 3. The van der Waals surface area contributed by atoms with E-state index in [4.69, 9.17) is 9.94 Å². The number of morpholine rings is 1. The lowest BCUT2D eigenvalue weighted by Gasteiger charge is -2.31. The van der Waals surface area contributed by atoms with Crippen molar-refractivity contribution in [3.63, 3.8) is 0 Å². The van der Waals surface area contributed by atoms with Crippen LogP contribution in [0.3, 0.4) is 0 Å². The van der Waals surface area contributed by atoms with Crippen LogP contribution in [0.15, 0.2) is 40.9 Å². The molecule has 0 spiro atoms. The van der Waals surface area contributed by atoms with Gasteiger partial charge in [0.2, 0.25) is 15.9 Å². The zero-order valence-electron chi connectivity index (χ0n) is 17.6. The van der Waals surface area contributed by atoms with Crippen LogP contribution in [0.25, 0.3) is 0 Å². The molecule has 1 fully saturated rings. The normalized spacial score (nSPS) is 15.2. The van der Waals surface area contributed by atoms with Crippen molar-refractivity contribution >= 4 is 44.8 Å². The zero-order chi connectivity index (χ0) is 24.0. The Morgan fingerprint density at radius 2 is 1.91 bits per heavy atom. The maximum atomic E-state index is 13.3. The summed E-state index contributed by atoms with van der Waals surface area (Å²) in [7, 11) is -4.32. The van der Waals surface area contributed by atoms with E-state index in [-0.39, 0.29) is 10.8 Å². The number of amides is 3. The molecular formula is C19H23N5O7S2. The van der Waals surface area contributed by atoms with Gasteiger partial charge in [0.25, 0.3) is 11.8 Å². The van der Waals surface area contributed by atoms with Gasteiger partial charge >= 0.3 is 0 Å². The first-order valence-electron chi connectivity index (χ1n) is 9.85. The Kier molecular flexibility index (Phi) is 8.10. The first kappa shape index (κ1) is 24.7. The number of hydrogen-bond acceptors (Lipinski definition) is 9. The molecule has 1 aliphatic rings. The van der Waals surface area contributed by atoms with Gasteiger partial charge < -0.3 is 15.0 Å². The summed E-state index contributed by atoms with van der Waals surface area (Å²) in [5.41, 5.74) is 3.29. The number of nitrogens with one attached hydrogen (secondary N) is 2. The van der Waals surface area contributed by atoms with Crippen molar-refractivity contribution in [3.8, 4) is 0 Å². The van der Waals surface area contributed by atoms with Crippen LogP contribution < -0.4 is 10.8 Å². The first-order valence-corrected chi connectivity index (χ1v) is 12.2. The van der Waals surface area contributed by atoms with Gasteiger partial charge in [0, 0.05) is 18.8 Å². The fraction of sp³-hybridized carbons (Fsp3) is 0.368. The molecule has 14 heteroatoms. The largest absolute Gasteiger partial charge is 0.378 e. The van der Waals surface area contributed by atoms with Crippen LogP contribution in [0.4, 0.5) is 5.69 Å². The third kappa shape index (κ3) is 5.91. The molecule has 1 aromatic heterocycles. The standard InChI is InChI=1S/C19H23N5O7S2/c1-13(18(26)22-28)24(11-17(25)23-6-8-31-9-7-23)33(29,30)15-4-2-14(3-5-15)21-19(27)16-10-20-12-32-16/h2-5,10,12-13,28H,6-9,11H2,1H3,(H,21,27)(H,22,26). The van der Waals surface area contributed by atoms with E-state index in [9.17, 15) is 22.8 Å². The molecule has 3 amide bonds. The number of benzene rings is 1. The van der Waals surface area contributed by atoms with Crippen molar-refractivity contribution in [3.05, 3.63) is 40.8 Å². The number of ether oxygens (including phenoxy) is 1. The number of thiazole rings is 1. The van der Waals surface area contributed by atoms with E-state index in [1.807, 2.05) is 0 Å². The maximum Gasteiger partial charge on any atom is 0.267 e. The van der Waals surface area contributed by atoms with Gasteiger partial charge in [-0.15, -0.1) is 11.3 Å². The number of aromatic nitrogens is 1. The highest BCUT2D eigenvalue weighted by Gasteiger charge is 2.36. The molecule has 3 N–H and O–H groups in total. The number of carbonyl (C=O) groups excluding carboxylic acids is 3. The van der Waals surface area contributed by atoms with Crippen molar-refractivity contribution < 1.29 is 32.7 Å². The predicted octanol–water partition coefficient (Wildman–Crippen LogP) is 0.139. The predicted molar refractivity (Wildman–Crippen MR) is 117 cm³/mol. The van der Waals surface area contributed by atoms with Crippen molar-refractivity contribution in [1.82, 2.24) is 19.7 Å². The van der Waals surface area contributed by atoms with Crippen molar-refractivity contribution in [2.45, 2.75) is 17.9 Å². The van der Waals surface area contributed by atoms with Crippen LogP contribution in [-0.4, -0.2) is 84.4 Å². The smallest absolute Gasteiger partial charge is 0.267 e. The fourth-order valence-electron chi connectivity index (χ4n) is 3.07. The second-order valence-electron chi connectivity index (χ2n) is 7.04.